The van der Waals surface area contributed by atoms with E-state index in [0.29, 0.717) is 28.9 Å². The molecule has 0 saturated carbocycles. The number of para-hydroxylation sites is 1. The molecule has 0 aliphatic heterocycles. The lowest BCUT2D eigenvalue weighted by Gasteiger charge is -2.10. The van der Waals surface area contributed by atoms with Crippen molar-refractivity contribution in [1.29, 1.82) is 0 Å². The molecule has 1 amide bonds. The number of nitrogens with one attached hydrogen (secondary N) is 1. The van der Waals surface area contributed by atoms with Crippen molar-refractivity contribution in [2.75, 3.05) is 11.9 Å². The summed E-state index contributed by atoms with van der Waals surface area (Å²) in [6.45, 7) is 2.70. The monoisotopic (exact) mass is 359 g/mol. The van der Waals surface area contributed by atoms with Gasteiger partial charge in [0.2, 0.25) is 5.13 Å². The number of carbonyl (C=O) groups excluding carboxylic acids is 1. The first-order chi connectivity index (χ1) is 11.8. The van der Waals surface area contributed by atoms with Gasteiger partial charge in [0.05, 0.1) is 17.0 Å². The van der Waals surface area contributed by atoms with Gasteiger partial charge in [-0.1, -0.05) is 31.5 Å². The van der Waals surface area contributed by atoms with Crippen LogP contribution in [0.4, 0.5) is 5.13 Å². The quantitative estimate of drug-likeness (QED) is 0.621. The van der Waals surface area contributed by atoms with E-state index in [4.69, 9.17) is 4.74 Å². The van der Waals surface area contributed by atoms with Gasteiger partial charge in [0.15, 0.2) is 5.82 Å². The van der Waals surface area contributed by atoms with Crippen LogP contribution in [0.1, 0.15) is 30.1 Å². The summed E-state index contributed by atoms with van der Waals surface area (Å²) in [5.41, 5.74) is 0.501. The number of ether oxygens (including phenoxy) is 1. The minimum Gasteiger partial charge on any atom is -0.493 e. The molecule has 0 fully saturated rings. The van der Waals surface area contributed by atoms with E-state index in [-0.39, 0.29) is 5.91 Å². The highest BCUT2D eigenvalue weighted by molar-refractivity contribution is 7.14. The number of hydrogen-bond donors (Lipinski definition) is 1. The Morgan fingerprint density at radius 2 is 2.12 bits per heavy atom. The number of unbranched alkanes of at least 4 members (excludes halogenated alkanes) is 1. The molecule has 0 spiro atoms. The van der Waals surface area contributed by atoms with Gasteiger partial charge < -0.3 is 4.74 Å². The number of anilines is 1. The number of nitrogens with zero attached hydrogens (tertiary/aromatic N) is 2. The van der Waals surface area contributed by atoms with Crippen molar-refractivity contribution >= 4 is 33.9 Å². The van der Waals surface area contributed by atoms with Crippen LogP contribution in [0.3, 0.4) is 0 Å². The Labute approximate surface area is 148 Å². The van der Waals surface area contributed by atoms with E-state index in [1.807, 2.05) is 35.7 Å². The van der Waals surface area contributed by atoms with Crippen LogP contribution in [-0.2, 0) is 0 Å². The summed E-state index contributed by atoms with van der Waals surface area (Å²) in [7, 11) is 0. The topological polar surface area (TPSA) is 64.1 Å². The fourth-order valence-corrected chi connectivity index (χ4v) is 3.34. The third-order valence-electron chi connectivity index (χ3n) is 3.28. The normalized spacial score (nSPS) is 10.5. The zero-order valence-corrected chi connectivity index (χ0v) is 14.8. The maximum Gasteiger partial charge on any atom is 0.261 e. The Morgan fingerprint density at radius 3 is 2.92 bits per heavy atom. The van der Waals surface area contributed by atoms with Gasteiger partial charge in [-0.15, -0.1) is 11.3 Å². The molecule has 0 radical (unpaired) electrons. The van der Waals surface area contributed by atoms with Crippen molar-refractivity contribution in [3.05, 3.63) is 47.3 Å². The standard InChI is InChI=1S/C17H17N3O2S2/c1-2-3-10-22-13-8-5-4-7-12(13)16(21)19-17-18-15(20-24-17)14-9-6-11-23-14/h4-9,11H,2-3,10H2,1H3,(H,18,19,20,21). The highest BCUT2D eigenvalue weighted by Crippen LogP contribution is 2.26. The van der Waals surface area contributed by atoms with Gasteiger partial charge in [-0.25, -0.2) is 0 Å². The van der Waals surface area contributed by atoms with Crippen molar-refractivity contribution in [3.63, 3.8) is 0 Å². The summed E-state index contributed by atoms with van der Waals surface area (Å²) in [6, 6.07) is 11.1. The van der Waals surface area contributed by atoms with Gasteiger partial charge in [0.1, 0.15) is 5.75 Å². The van der Waals surface area contributed by atoms with Gasteiger partial charge in [-0.05, 0) is 30.0 Å². The Morgan fingerprint density at radius 1 is 1.25 bits per heavy atom. The molecule has 0 saturated heterocycles. The molecule has 24 heavy (non-hydrogen) atoms. The van der Waals surface area contributed by atoms with E-state index in [1.165, 1.54) is 11.5 Å². The van der Waals surface area contributed by atoms with E-state index in [9.17, 15) is 4.79 Å². The Hall–Kier alpha value is -2.25. The first-order valence-electron chi connectivity index (χ1n) is 7.68. The minimum atomic E-state index is -0.240. The fourth-order valence-electron chi connectivity index (χ4n) is 2.05. The molecular formula is C17H17N3O2S2. The van der Waals surface area contributed by atoms with E-state index in [0.717, 1.165) is 17.7 Å². The highest BCUT2D eigenvalue weighted by Gasteiger charge is 2.15. The van der Waals surface area contributed by atoms with Crippen LogP contribution in [0, 0.1) is 0 Å². The maximum absolute atomic E-state index is 12.5. The second-order valence-electron chi connectivity index (χ2n) is 5.05. The number of thiophene rings is 1. The fraction of sp³-hybridized carbons (Fsp3) is 0.235. The summed E-state index contributed by atoms with van der Waals surface area (Å²) in [6.07, 6.45) is 2.00. The van der Waals surface area contributed by atoms with Crippen LogP contribution in [0.2, 0.25) is 0 Å². The first kappa shape index (κ1) is 16.6. The highest BCUT2D eigenvalue weighted by atomic mass is 32.1. The van der Waals surface area contributed by atoms with E-state index >= 15 is 0 Å². The molecule has 7 heteroatoms. The number of benzene rings is 1. The smallest absolute Gasteiger partial charge is 0.261 e. The Bertz CT molecular complexity index is 800. The second kappa shape index (κ2) is 8.03. The van der Waals surface area contributed by atoms with Crippen molar-refractivity contribution in [2.45, 2.75) is 19.8 Å². The molecule has 1 aromatic carbocycles. The van der Waals surface area contributed by atoms with Gasteiger partial charge in [0.25, 0.3) is 5.91 Å². The molecule has 5 nitrogen and oxygen atoms in total. The van der Waals surface area contributed by atoms with Gasteiger partial charge >= 0.3 is 0 Å². The number of amides is 1. The van der Waals surface area contributed by atoms with Crippen molar-refractivity contribution in [3.8, 4) is 16.5 Å². The molecule has 0 aliphatic rings. The molecule has 3 aromatic rings. The van der Waals surface area contributed by atoms with Crippen LogP contribution in [0.15, 0.2) is 41.8 Å². The average Bonchev–Trinajstić information content (AvgIpc) is 3.26. The number of rotatable bonds is 7. The second-order valence-corrected chi connectivity index (χ2v) is 6.75. The van der Waals surface area contributed by atoms with Crippen molar-refractivity contribution in [1.82, 2.24) is 9.36 Å². The molecule has 0 aliphatic carbocycles. The molecule has 2 aromatic heterocycles. The zero-order valence-electron chi connectivity index (χ0n) is 13.2. The van der Waals surface area contributed by atoms with Gasteiger partial charge in [0, 0.05) is 11.5 Å². The van der Waals surface area contributed by atoms with Crippen LogP contribution in [0.25, 0.3) is 10.7 Å². The third kappa shape index (κ3) is 3.98. The minimum absolute atomic E-state index is 0.240. The molecule has 0 atom stereocenters. The molecule has 2 heterocycles. The van der Waals surface area contributed by atoms with E-state index < -0.39 is 0 Å². The molecule has 0 bridgehead atoms. The molecule has 124 valence electrons. The maximum atomic E-state index is 12.5. The third-order valence-corrected chi connectivity index (χ3v) is 4.77. The predicted molar refractivity (Wildman–Crippen MR) is 98.0 cm³/mol. The summed E-state index contributed by atoms with van der Waals surface area (Å²) in [5, 5.41) is 5.25. The van der Waals surface area contributed by atoms with Crippen LogP contribution < -0.4 is 10.1 Å². The van der Waals surface area contributed by atoms with Crippen LogP contribution >= 0.6 is 22.9 Å². The number of aromatic nitrogens is 2. The number of carbonyl (C=O) groups is 1. The molecule has 3 rings (SSSR count). The van der Waals surface area contributed by atoms with E-state index in [1.54, 1.807) is 17.4 Å². The van der Waals surface area contributed by atoms with E-state index in [2.05, 4.69) is 21.6 Å². The SMILES string of the molecule is CCCCOc1ccccc1C(=O)Nc1nc(-c2cccs2)ns1. The summed E-state index contributed by atoms with van der Waals surface area (Å²) >= 11 is 2.74. The van der Waals surface area contributed by atoms with Gasteiger partial charge in [-0.3, -0.25) is 10.1 Å². The summed E-state index contributed by atoms with van der Waals surface area (Å²) in [5.74, 6) is 0.986. The zero-order chi connectivity index (χ0) is 16.8. The summed E-state index contributed by atoms with van der Waals surface area (Å²) < 4.78 is 9.99. The summed E-state index contributed by atoms with van der Waals surface area (Å²) in [4.78, 5) is 17.9. The number of hydrogen-bond acceptors (Lipinski definition) is 6. The largest absolute Gasteiger partial charge is 0.493 e. The molecule has 0 unspecified atom stereocenters. The Balaban J connectivity index is 1.71. The molecule has 1 N–H and O–H groups in total. The van der Waals surface area contributed by atoms with Crippen LogP contribution in [-0.4, -0.2) is 21.9 Å². The lowest BCUT2D eigenvalue weighted by Crippen LogP contribution is -2.13. The lowest BCUT2D eigenvalue weighted by atomic mass is 10.2. The van der Waals surface area contributed by atoms with Crippen molar-refractivity contribution < 1.29 is 9.53 Å². The first-order valence-corrected chi connectivity index (χ1v) is 9.34. The lowest BCUT2D eigenvalue weighted by molar-refractivity contribution is 0.102. The molecular weight excluding hydrogens is 342 g/mol. The van der Waals surface area contributed by atoms with Crippen molar-refractivity contribution in [2.24, 2.45) is 0 Å². The predicted octanol–water partition coefficient (Wildman–Crippen LogP) is 4.70. The van der Waals surface area contributed by atoms with Crippen LogP contribution in [0.5, 0.6) is 5.75 Å². The average molecular weight is 359 g/mol. The Kier molecular flexibility index (Phi) is 5.55. The van der Waals surface area contributed by atoms with Gasteiger partial charge in [-0.2, -0.15) is 9.36 Å².